The van der Waals surface area contributed by atoms with Gasteiger partial charge in [0.15, 0.2) is 0 Å². The number of furan rings is 2. The summed E-state index contributed by atoms with van der Waals surface area (Å²) in [5.74, 6) is 0. The zero-order valence-corrected chi connectivity index (χ0v) is 29.1. The van der Waals surface area contributed by atoms with Gasteiger partial charge in [-0.2, -0.15) is 0 Å². The van der Waals surface area contributed by atoms with E-state index >= 15 is 0 Å². The van der Waals surface area contributed by atoms with Crippen molar-refractivity contribution < 1.29 is 8.83 Å². The van der Waals surface area contributed by atoms with E-state index in [0.717, 1.165) is 49.4 Å². The zero-order valence-electron chi connectivity index (χ0n) is 29.1. The highest BCUT2D eigenvalue weighted by Crippen LogP contribution is 2.50. The van der Waals surface area contributed by atoms with E-state index in [1.807, 2.05) is 18.2 Å². The first-order chi connectivity index (χ1) is 26.8. The van der Waals surface area contributed by atoms with Crippen LogP contribution in [0.4, 0.5) is 0 Å². The van der Waals surface area contributed by atoms with Gasteiger partial charge in [-0.15, -0.1) is 0 Å². The van der Waals surface area contributed by atoms with Crippen LogP contribution in [-0.4, -0.2) is 0 Å². The Balaban J connectivity index is 1.28. The molecule has 250 valence electrons. The minimum Gasteiger partial charge on any atom is -0.456 e. The summed E-state index contributed by atoms with van der Waals surface area (Å²) in [5, 5.41) is 14.2. The van der Waals surface area contributed by atoms with E-state index in [2.05, 4.69) is 164 Å². The molecule has 2 nitrogen and oxygen atoms in total. The Hall–Kier alpha value is -7.16. The molecule has 0 N–H and O–H groups in total. The average Bonchev–Trinajstić information content (AvgIpc) is 3.81. The number of para-hydroxylation sites is 1. The number of fused-ring (bicyclic) bond motifs is 11. The molecule has 12 aromatic rings. The van der Waals surface area contributed by atoms with Crippen LogP contribution in [0.5, 0.6) is 0 Å². The summed E-state index contributed by atoms with van der Waals surface area (Å²) in [7, 11) is 0. The van der Waals surface area contributed by atoms with E-state index in [4.69, 9.17) is 8.83 Å². The number of hydrogen-bond donors (Lipinski definition) is 0. The van der Waals surface area contributed by atoms with Gasteiger partial charge in [0, 0.05) is 21.5 Å². The van der Waals surface area contributed by atoms with Crippen molar-refractivity contribution in [2.75, 3.05) is 0 Å². The van der Waals surface area contributed by atoms with Gasteiger partial charge in [-0.25, -0.2) is 0 Å². The van der Waals surface area contributed by atoms with Gasteiger partial charge in [0.05, 0.1) is 0 Å². The molecule has 0 bridgehead atoms. The lowest BCUT2D eigenvalue weighted by atomic mass is 9.82. The standard InChI is InChI=1S/C52H30O2/c1-3-16-34-31(12-1)14-9-21-36(34)33-26-27-40-43(30-33)49(39-19-6-5-18-38(39)48(40)37-22-10-15-32-13-2-4-17-35(32)37)42-23-11-25-45-51(42)52-47(54-45)29-28-46-50(52)41-20-7-8-24-44(41)53-46/h1-30H. The van der Waals surface area contributed by atoms with Crippen molar-refractivity contribution >= 4 is 87.0 Å². The topological polar surface area (TPSA) is 26.3 Å². The second kappa shape index (κ2) is 11.2. The first-order valence-corrected chi connectivity index (χ1v) is 18.5. The third-order valence-electron chi connectivity index (χ3n) is 11.5. The highest BCUT2D eigenvalue weighted by molar-refractivity contribution is 6.32. The largest absolute Gasteiger partial charge is 0.456 e. The van der Waals surface area contributed by atoms with E-state index in [-0.39, 0.29) is 0 Å². The molecule has 12 rings (SSSR count). The smallest absolute Gasteiger partial charge is 0.136 e. The summed E-state index contributed by atoms with van der Waals surface area (Å²) in [6, 6.07) is 65.7. The van der Waals surface area contributed by atoms with E-state index in [9.17, 15) is 0 Å². The minimum atomic E-state index is 0.855. The summed E-state index contributed by atoms with van der Waals surface area (Å²) < 4.78 is 13.1. The minimum absolute atomic E-state index is 0.855. The molecule has 0 saturated heterocycles. The molecule has 2 aromatic heterocycles. The maximum absolute atomic E-state index is 6.71. The van der Waals surface area contributed by atoms with Crippen molar-refractivity contribution in [1.82, 2.24) is 0 Å². The molecule has 0 amide bonds. The quantitative estimate of drug-likeness (QED) is 0.173. The first kappa shape index (κ1) is 29.4. The van der Waals surface area contributed by atoms with Gasteiger partial charge >= 0.3 is 0 Å². The summed E-state index contributed by atoms with van der Waals surface area (Å²) in [5.41, 5.74) is 10.7. The van der Waals surface area contributed by atoms with Crippen molar-refractivity contribution in [2.24, 2.45) is 0 Å². The SMILES string of the molecule is c1ccc2c(-c3ccc4c(-c5cccc6ccccc56)c5ccccc5c(-c5cccc6oc7ccc8oc9ccccc9c8c7c56)c4c3)cccc2c1. The Morgan fingerprint density at radius 2 is 0.741 bits per heavy atom. The van der Waals surface area contributed by atoms with Crippen LogP contribution in [0, 0.1) is 0 Å². The van der Waals surface area contributed by atoms with E-state index in [1.54, 1.807) is 0 Å². The van der Waals surface area contributed by atoms with Gasteiger partial charge in [0.1, 0.15) is 22.3 Å². The molecule has 0 aliphatic rings. The summed E-state index contributed by atoms with van der Waals surface area (Å²) in [4.78, 5) is 0. The van der Waals surface area contributed by atoms with Crippen LogP contribution in [0.2, 0.25) is 0 Å². The fourth-order valence-electron chi connectivity index (χ4n) is 9.18. The Bertz CT molecular complexity index is 3500. The first-order valence-electron chi connectivity index (χ1n) is 18.5. The third-order valence-corrected chi connectivity index (χ3v) is 11.5. The third kappa shape index (κ3) is 4.11. The van der Waals surface area contributed by atoms with Crippen LogP contribution in [0.25, 0.3) is 120 Å². The van der Waals surface area contributed by atoms with Crippen LogP contribution in [0.15, 0.2) is 191 Å². The molecule has 0 fully saturated rings. The second-order valence-electron chi connectivity index (χ2n) is 14.3. The molecule has 2 heterocycles. The second-order valence-corrected chi connectivity index (χ2v) is 14.3. The van der Waals surface area contributed by atoms with Crippen LogP contribution >= 0.6 is 0 Å². The van der Waals surface area contributed by atoms with Crippen molar-refractivity contribution in [3.63, 3.8) is 0 Å². The predicted molar refractivity (Wildman–Crippen MR) is 227 cm³/mol. The lowest BCUT2D eigenvalue weighted by molar-refractivity contribution is 0.663. The van der Waals surface area contributed by atoms with Gasteiger partial charge in [0.2, 0.25) is 0 Å². The molecule has 0 saturated carbocycles. The van der Waals surface area contributed by atoms with Crippen LogP contribution in [0.1, 0.15) is 0 Å². The molecule has 10 aromatic carbocycles. The van der Waals surface area contributed by atoms with E-state index in [0.29, 0.717) is 0 Å². The predicted octanol–water partition coefficient (Wildman–Crippen LogP) is 15.1. The van der Waals surface area contributed by atoms with Crippen LogP contribution in [-0.2, 0) is 0 Å². The lowest BCUT2D eigenvalue weighted by Crippen LogP contribution is -1.93. The highest BCUT2D eigenvalue weighted by Gasteiger charge is 2.24. The van der Waals surface area contributed by atoms with E-state index < -0.39 is 0 Å². The van der Waals surface area contributed by atoms with Crippen molar-refractivity contribution in [3.05, 3.63) is 182 Å². The summed E-state index contributed by atoms with van der Waals surface area (Å²) in [6.07, 6.45) is 0. The molecule has 0 atom stereocenters. The summed E-state index contributed by atoms with van der Waals surface area (Å²) >= 11 is 0. The average molecular weight is 687 g/mol. The van der Waals surface area contributed by atoms with Crippen molar-refractivity contribution in [2.45, 2.75) is 0 Å². The molecule has 0 radical (unpaired) electrons. The van der Waals surface area contributed by atoms with Crippen molar-refractivity contribution in [1.29, 1.82) is 0 Å². The fraction of sp³-hybridized carbons (Fsp3) is 0. The Morgan fingerprint density at radius 1 is 0.259 bits per heavy atom. The monoisotopic (exact) mass is 686 g/mol. The van der Waals surface area contributed by atoms with Gasteiger partial charge in [-0.05, 0) is 107 Å². The van der Waals surface area contributed by atoms with E-state index in [1.165, 1.54) is 70.9 Å². The molecule has 0 spiro atoms. The maximum Gasteiger partial charge on any atom is 0.136 e. The van der Waals surface area contributed by atoms with Crippen LogP contribution < -0.4 is 0 Å². The number of hydrogen-bond acceptors (Lipinski definition) is 2. The molecule has 0 unspecified atom stereocenters. The molecular formula is C52H30O2. The fourth-order valence-corrected chi connectivity index (χ4v) is 9.18. The normalized spacial score (nSPS) is 12.1. The molecule has 0 aliphatic heterocycles. The Kier molecular flexibility index (Phi) is 6.09. The summed E-state index contributed by atoms with van der Waals surface area (Å²) in [6.45, 7) is 0. The zero-order chi connectivity index (χ0) is 35.3. The van der Waals surface area contributed by atoms with Gasteiger partial charge in [0.25, 0.3) is 0 Å². The molecule has 54 heavy (non-hydrogen) atoms. The molecule has 0 aliphatic carbocycles. The number of rotatable bonds is 3. The highest BCUT2D eigenvalue weighted by atomic mass is 16.3. The van der Waals surface area contributed by atoms with Gasteiger partial charge in [-0.3, -0.25) is 0 Å². The van der Waals surface area contributed by atoms with Gasteiger partial charge < -0.3 is 8.83 Å². The molecular weight excluding hydrogens is 657 g/mol. The van der Waals surface area contributed by atoms with Crippen molar-refractivity contribution in [3.8, 4) is 33.4 Å². The lowest BCUT2D eigenvalue weighted by Gasteiger charge is -2.20. The van der Waals surface area contributed by atoms with Crippen LogP contribution in [0.3, 0.4) is 0 Å². The van der Waals surface area contributed by atoms with Gasteiger partial charge in [-0.1, -0.05) is 152 Å². The number of benzene rings is 10. The Morgan fingerprint density at radius 3 is 1.50 bits per heavy atom. The Labute approximate surface area is 310 Å². The maximum atomic E-state index is 6.71. The molecule has 2 heteroatoms.